The molecule has 138 valence electrons. The van der Waals surface area contributed by atoms with Gasteiger partial charge in [-0.05, 0) is 43.6 Å². The number of nitrogens with zero attached hydrogens (tertiary/aromatic N) is 1. The lowest BCUT2D eigenvalue weighted by Gasteiger charge is -2.35. The van der Waals surface area contributed by atoms with Crippen LogP contribution in [0.15, 0.2) is 42.5 Å². The molecule has 2 aliphatic carbocycles. The first-order chi connectivity index (χ1) is 12.3. The van der Waals surface area contributed by atoms with Gasteiger partial charge in [-0.1, -0.05) is 56.3 Å². The van der Waals surface area contributed by atoms with Gasteiger partial charge in [-0.3, -0.25) is 4.79 Å². The third-order valence-corrected chi connectivity index (χ3v) is 6.34. The van der Waals surface area contributed by atoms with Crippen LogP contribution in [0.2, 0.25) is 0 Å². The molecule has 0 unspecified atom stereocenters. The van der Waals surface area contributed by atoms with E-state index in [0.717, 1.165) is 6.42 Å². The zero-order chi connectivity index (χ0) is 18.6. The van der Waals surface area contributed by atoms with Crippen molar-refractivity contribution < 1.29 is 14.3 Å². The van der Waals surface area contributed by atoms with Crippen LogP contribution < -0.4 is 0 Å². The number of hydrogen-bond donors (Lipinski definition) is 0. The number of fused-ring (bicyclic) bond motifs is 2. The first-order valence-corrected chi connectivity index (χ1v) is 9.60. The molecule has 2 bridgehead atoms. The Morgan fingerprint density at radius 3 is 2.46 bits per heavy atom. The van der Waals surface area contributed by atoms with Crippen molar-refractivity contribution in [2.45, 2.75) is 51.7 Å². The van der Waals surface area contributed by atoms with Crippen LogP contribution in [0.3, 0.4) is 0 Å². The number of cyclic esters (lactones) is 1. The predicted molar refractivity (Wildman–Crippen MR) is 99.4 cm³/mol. The molecule has 0 spiro atoms. The molecular formula is C22H27NO3. The first-order valence-electron chi connectivity index (χ1n) is 9.60. The standard InChI is InChI=1S/C22H27NO3/c1-13(2)19-22(3,4)26-21(25)23(19)20(24)18-16-11-10-15(12-16)17(18)14-8-6-5-7-9-14/h5-11,13,15-19H,12H2,1-4H3/t15-,16+,17+,18+,19+/m1/s1. The van der Waals surface area contributed by atoms with Gasteiger partial charge in [0.25, 0.3) is 0 Å². The van der Waals surface area contributed by atoms with Crippen LogP contribution in [0.4, 0.5) is 4.79 Å². The number of imide groups is 1. The van der Waals surface area contributed by atoms with Crippen LogP contribution in [-0.2, 0) is 9.53 Å². The van der Waals surface area contributed by atoms with Gasteiger partial charge in [-0.15, -0.1) is 0 Å². The second-order valence-electron chi connectivity index (χ2n) is 8.78. The molecule has 4 rings (SSSR count). The lowest BCUT2D eigenvalue weighted by molar-refractivity contribution is -0.136. The van der Waals surface area contributed by atoms with Crippen molar-refractivity contribution in [2.24, 2.45) is 23.7 Å². The number of benzene rings is 1. The molecule has 4 nitrogen and oxygen atoms in total. The minimum absolute atomic E-state index is 0.0648. The molecule has 4 heteroatoms. The fourth-order valence-electron chi connectivity index (χ4n) is 5.54. The Hall–Kier alpha value is -2.10. The van der Waals surface area contributed by atoms with E-state index in [1.807, 2.05) is 45.9 Å². The maximum absolute atomic E-state index is 13.6. The Labute approximate surface area is 155 Å². The summed E-state index contributed by atoms with van der Waals surface area (Å²) in [6.07, 6.45) is 4.92. The van der Waals surface area contributed by atoms with Gasteiger partial charge >= 0.3 is 6.09 Å². The van der Waals surface area contributed by atoms with Crippen molar-refractivity contribution in [3.8, 4) is 0 Å². The number of ether oxygens (including phenoxy) is 1. The van der Waals surface area contributed by atoms with Crippen molar-refractivity contribution in [1.29, 1.82) is 0 Å². The molecule has 1 aromatic rings. The average Bonchev–Trinajstić information content (AvgIpc) is 3.25. The molecule has 1 aromatic carbocycles. The zero-order valence-corrected chi connectivity index (χ0v) is 15.9. The van der Waals surface area contributed by atoms with Crippen LogP contribution in [0.1, 0.15) is 45.6 Å². The topological polar surface area (TPSA) is 46.6 Å². The molecule has 1 aliphatic heterocycles. The highest BCUT2D eigenvalue weighted by Gasteiger charge is 2.57. The van der Waals surface area contributed by atoms with Gasteiger partial charge in [0.05, 0.1) is 12.0 Å². The lowest BCUT2D eigenvalue weighted by Crippen LogP contribution is -2.51. The summed E-state index contributed by atoms with van der Waals surface area (Å²) >= 11 is 0. The number of allylic oxidation sites excluding steroid dienone is 2. The fraction of sp³-hybridized carbons (Fsp3) is 0.545. The highest BCUT2D eigenvalue weighted by Crippen LogP contribution is 2.54. The second-order valence-corrected chi connectivity index (χ2v) is 8.78. The molecule has 26 heavy (non-hydrogen) atoms. The van der Waals surface area contributed by atoms with E-state index in [4.69, 9.17) is 4.74 Å². The van der Waals surface area contributed by atoms with Gasteiger partial charge in [0.2, 0.25) is 5.91 Å². The molecule has 3 aliphatic rings. The molecule has 0 N–H and O–H groups in total. The van der Waals surface area contributed by atoms with Gasteiger partial charge in [0.15, 0.2) is 0 Å². The number of amides is 2. The summed E-state index contributed by atoms with van der Waals surface area (Å²) in [5.41, 5.74) is 0.534. The monoisotopic (exact) mass is 353 g/mol. The average molecular weight is 353 g/mol. The summed E-state index contributed by atoms with van der Waals surface area (Å²) in [5.74, 6) is 0.621. The number of carbonyl (C=O) groups excluding carboxylic acids is 2. The first kappa shape index (κ1) is 17.3. The Kier molecular flexibility index (Phi) is 3.98. The van der Waals surface area contributed by atoms with Crippen molar-refractivity contribution >= 4 is 12.0 Å². The maximum atomic E-state index is 13.6. The fourth-order valence-corrected chi connectivity index (χ4v) is 5.54. The van der Waals surface area contributed by atoms with E-state index in [-0.39, 0.29) is 35.6 Å². The summed E-state index contributed by atoms with van der Waals surface area (Å²) in [7, 11) is 0. The van der Waals surface area contributed by atoms with Crippen LogP contribution in [0.25, 0.3) is 0 Å². The van der Waals surface area contributed by atoms with Gasteiger partial charge in [0.1, 0.15) is 5.60 Å². The largest absolute Gasteiger partial charge is 0.441 e. The molecule has 2 amide bonds. The van der Waals surface area contributed by atoms with E-state index in [2.05, 4.69) is 24.3 Å². The van der Waals surface area contributed by atoms with Crippen LogP contribution in [0.5, 0.6) is 0 Å². The van der Waals surface area contributed by atoms with Crippen molar-refractivity contribution in [2.75, 3.05) is 0 Å². The maximum Gasteiger partial charge on any atom is 0.417 e. The van der Waals surface area contributed by atoms with E-state index < -0.39 is 11.7 Å². The Morgan fingerprint density at radius 1 is 1.15 bits per heavy atom. The normalized spacial score (nSPS) is 34.6. The molecule has 1 saturated heterocycles. The van der Waals surface area contributed by atoms with Crippen LogP contribution in [0, 0.1) is 23.7 Å². The summed E-state index contributed by atoms with van der Waals surface area (Å²) in [6, 6.07) is 10.0. The molecule has 0 aromatic heterocycles. The van der Waals surface area contributed by atoms with Crippen molar-refractivity contribution in [3.05, 3.63) is 48.0 Å². The second kappa shape index (κ2) is 5.97. The number of hydrogen-bond acceptors (Lipinski definition) is 3. The third-order valence-electron chi connectivity index (χ3n) is 6.34. The smallest absolute Gasteiger partial charge is 0.417 e. The highest BCUT2D eigenvalue weighted by molar-refractivity contribution is 5.96. The molecule has 0 radical (unpaired) electrons. The zero-order valence-electron chi connectivity index (χ0n) is 15.9. The molecule has 5 atom stereocenters. The highest BCUT2D eigenvalue weighted by atomic mass is 16.6. The Balaban J connectivity index is 1.70. The quantitative estimate of drug-likeness (QED) is 0.758. The SMILES string of the molecule is CC(C)[C@@H]1N(C(=O)[C@@H]2[C@@H](c3ccccc3)[C@@H]3C=C[C@H]2C3)C(=O)OC1(C)C. The van der Waals surface area contributed by atoms with Crippen LogP contribution in [-0.4, -0.2) is 28.5 Å². The number of rotatable bonds is 3. The Bertz CT molecular complexity index is 752. The van der Waals surface area contributed by atoms with Crippen molar-refractivity contribution in [3.63, 3.8) is 0 Å². The minimum atomic E-state index is -0.656. The summed E-state index contributed by atoms with van der Waals surface area (Å²) < 4.78 is 5.59. The molecule has 1 heterocycles. The van der Waals surface area contributed by atoms with E-state index in [0.29, 0.717) is 5.92 Å². The summed E-state index contributed by atoms with van der Waals surface area (Å²) in [5, 5.41) is 0. The van der Waals surface area contributed by atoms with Crippen molar-refractivity contribution in [1.82, 2.24) is 4.90 Å². The molecular weight excluding hydrogens is 326 g/mol. The predicted octanol–water partition coefficient (Wildman–Crippen LogP) is 4.37. The van der Waals surface area contributed by atoms with Gasteiger partial charge in [-0.25, -0.2) is 9.69 Å². The Morgan fingerprint density at radius 2 is 1.81 bits per heavy atom. The minimum Gasteiger partial charge on any atom is -0.441 e. The van der Waals surface area contributed by atoms with E-state index >= 15 is 0 Å². The third kappa shape index (κ3) is 2.50. The van der Waals surface area contributed by atoms with E-state index in [1.54, 1.807) is 0 Å². The molecule has 1 saturated carbocycles. The number of carbonyl (C=O) groups is 2. The van der Waals surface area contributed by atoms with E-state index in [9.17, 15) is 9.59 Å². The van der Waals surface area contributed by atoms with Gasteiger partial charge < -0.3 is 4.74 Å². The van der Waals surface area contributed by atoms with Gasteiger partial charge in [-0.2, -0.15) is 0 Å². The summed E-state index contributed by atoms with van der Waals surface area (Å²) in [4.78, 5) is 27.7. The van der Waals surface area contributed by atoms with E-state index in [1.165, 1.54) is 10.5 Å². The van der Waals surface area contributed by atoms with Crippen LogP contribution >= 0.6 is 0 Å². The summed E-state index contributed by atoms with van der Waals surface area (Å²) in [6.45, 7) is 7.89. The van der Waals surface area contributed by atoms with Gasteiger partial charge in [0, 0.05) is 5.92 Å². The molecule has 2 fully saturated rings. The lowest BCUT2D eigenvalue weighted by atomic mass is 9.77.